The maximum Gasteiger partial charge on any atom is 0.516 e. The van der Waals surface area contributed by atoms with Crippen LogP contribution in [0.2, 0.25) is 0 Å². The molecular weight excluding hydrogens is 270 g/mol. The number of hydrogen-bond donors (Lipinski definition) is 0. The molecule has 20 heavy (non-hydrogen) atoms. The molecule has 8 nitrogen and oxygen atoms in total. The SMILES string of the molecule is CCC(OC(C)=O)OC(=O)Oc1ccc([N+](=O)[O-])cc1. The smallest absolute Gasteiger partial charge is 0.425 e. The summed E-state index contributed by atoms with van der Waals surface area (Å²) in [6.45, 7) is 2.85. The van der Waals surface area contributed by atoms with E-state index in [1.807, 2.05) is 0 Å². The van der Waals surface area contributed by atoms with Crippen molar-refractivity contribution in [2.45, 2.75) is 26.6 Å². The van der Waals surface area contributed by atoms with Gasteiger partial charge in [0.05, 0.1) is 4.92 Å². The molecule has 0 saturated heterocycles. The summed E-state index contributed by atoms with van der Waals surface area (Å²) in [6.07, 6.45) is -1.82. The van der Waals surface area contributed by atoms with Gasteiger partial charge in [0.2, 0.25) is 0 Å². The molecular formula is C12H13NO7. The molecule has 0 N–H and O–H groups in total. The Morgan fingerprint density at radius 1 is 1.25 bits per heavy atom. The predicted octanol–water partition coefficient (Wildman–Crippen LogP) is 2.41. The van der Waals surface area contributed by atoms with Crippen LogP contribution in [0.4, 0.5) is 10.5 Å². The van der Waals surface area contributed by atoms with Crippen molar-refractivity contribution in [3.8, 4) is 5.75 Å². The van der Waals surface area contributed by atoms with Gasteiger partial charge >= 0.3 is 12.1 Å². The molecule has 0 aliphatic heterocycles. The Morgan fingerprint density at radius 3 is 2.30 bits per heavy atom. The first-order chi connectivity index (χ1) is 9.42. The van der Waals surface area contributed by atoms with Crippen LogP contribution in [0, 0.1) is 10.1 Å². The molecule has 1 atom stereocenters. The highest BCUT2D eigenvalue weighted by molar-refractivity contribution is 5.67. The number of carbonyl (C=O) groups is 2. The van der Waals surface area contributed by atoms with E-state index in [9.17, 15) is 19.7 Å². The summed E-state index contributed by atoms with van der Waals surface area (Å²) in [5.74, 6) is -0.502. The Hall–Kier alpha value is -2.64. The minimum Gasteiger partial charge on any atom is -0.425 e. The van der Waals surface area contributed by atoms with Crippen molar-refractivity contribution in [1.82, 2.24) is 0 Å². The van der Waals surface area contributed by atoms with Crippen LogP contribution in [0.5, 0.6) is 5.75 Å². The number of nitro groups is 1. The highest BCUT2D eigenvalue weighted by Gasteiger charge is 2.17. The molecule has 1 unspecified atom stereocenters. The number of nitrogens with zero attached hydrogens (tertiary/aromatic N) is 1. The lowest BCUT2D eigenvalue weighted by atomic mass is 10.3. The van der Waals surface area contributed by atoms with Crippen LogP contribution >= 0.6 is 0 Å². The maximum absolute atomic E-state index is 11.4. The summed E-state index contributed by atoms with van der Waals surface area (Å²) in [6, 6.07) is 4.89. The van der Waals surface area contributed by atoms with E-state index in [4.69, 9.17) is 14.2 Å². The van der Waals surface area contributed by atoms with Crippen molar-refractivity contribution in [2.75, 3.05) is 0 Å². The molecule has 1 aromatic carbocycles. The fraction of sp³-hybridized carbons (Fsp3) is 0.333. The van der Waals surface area contributed by atoms with Gasteiger partial charge in [-0.3, -0.25) is 14.9 Å². The number of nitro benzene ring substituents is 1. The van der Waals surface area contributed by atoms with E-state index in [2.05, 4.69) is 0 Å². The second kappa shape index (κ2) is 7.07. The van der Waals surface area contributed by atoms with Crippen molar-refractivity contribution in [2.24, 2.45) is 0 Å². The van der Waals surface area contributed by atoms with Crippen LogP contribution in [-0.4, -0.2) is 23.3 Å². The molecule has 0 fully saturated rings. The Labute approximate surface area is 114 Å². The normalized spacial score (nSPS) is 11.3. The van der Waals surface area contributed by atoms with Crippen LogP contribution in [0.3, 0.4) is 0 Å². The number of ether oxygens (including phenoxy) is 3. The van der Waals surface area contributed by atoms with Gasteiger partial charge in [-0.1, -0.05) is 6.92 Å². The van der Waals surface area contributed by atoms with Gasteiger partial charge in [-0.25, -0.2) is 4.79 Å². The lowest BCUT2D eigenvalue weighted by molar-refractivity contribution is -0.384. The van der Waals surface area contributed by atoms with Gasteiger partial charge in [0.1, 0.15) is 5.75 Å². The maximum atomic E-state index is 11.4. The van der Waals surface area contributed by atoms with Gasteiger partial charge in [-0.15, -0.1) is 0 Å². The van der Waals surface area contributed by atoms with E-state index in [1.54, 1.807) is 6.92 Å². The first-order valence-electron chi connectivity index (χ1n) is 5.72. The Morgan fingerprint density at radius 2 is 1.85 bits per heavy atom. The third-order valence-electron chi connectivity index (χ3n) is 2.11. The number of esters is 1. The van der Waals surface area contributed by atoms with Crippen molar-refractivity contribution in [3.05, 3.63) is 34.4 Å². The highest BCUT2D eigenvalue weighted by atomic mass is 16.8. The van der Waals surface area contributed by atoms with Gasteiger partial charge in [0.15, 0.2) is 0 Å². The monoisotopic (exact) mass is 283 g/mol. The molecule has 0 bridgehead atoms. The third-order valence-corrected chi connectivity index (χ3v) is 2.11. The quantitative estimate of drug-likeness (QED) is 0.268. The zero-order valence-corrected chi connectivity index (χ0v) is 10.9. The van der Waals surface area contributed by atoms with Crippen LogP contribution in [0.25, 0.3) is 0 Å². The number of non-ortho nitro benzene ring substituents is 1. The van der Waals surface area contributed by atoms with Crippen molar-refractivity contribution < 1.29 is 28.7 Å². The van der Waals surface area contributed by atoms with Crippen molar-refractivity contribution in [3.63, 3.8) is 0 Å². The van der Waals surface area contributed by atoms with E-state index in [0.29, 0.717) is 0 Å². The summed E-state index contributed by atoms with van der Waals surface area (Å²) in [4.78, 5) is 32.0. The molecule has 0 heterocycles. The first kappa shape index (κ1) is 15.4. The highest BCUT2D eigenvalue weighted by Crippen LogP contribution is 2.18. The summed E-state index contributed by atoms with van der Waals surface area (Å²) in [5.41, 5.74) is -0.128. The number of benzene rings is 1. The average Bonchev–Trinajstić information content (AvgIpc) is 2.37. The topological polar surface area (TPSA) is 105 Å². The fourth-order valence-electron chi connectivity index (χ4n) is 1.24. The second-order valence-electron chi connectivity index (χ2n) is 3.67. The fourth-order valence-corrected chi connectivity index (χ4v) is 1.24. The molecule has 8 heteroatoms. The Bertz CT molecular complexity index is 497. The summed E-state index contributed by atoms with van der Waals surface area (Å²) >= 11 is 0. The van der Waals surface area contributed by atoms with Crippen LogP contribution in [-0.2, 0) is 14.3 Å². The van der Waals surface area contributed by atoms with Crippen LogP contribution in [0.15, 0.2) is 24.3 Å². The number of carbonyl (C=O) groups excluding carboxylic acids is 2. The average molecular weight is 283 g/mol. The molecule has 0 amide bonds. The molecule has 0 radical (unpaired) electrons. The van der Waals surface area contributed by atoms with Crippen LogP contribution in [0.1, 0.15) is 20.3 Å². The third kappa shape index (κ3) is 4.92. The van der Waals surface area contributed by atoms with Gasteiger partial charge < -0.3 is 14.2 Å². The van der Waals surface area contributed by atoms with E-state index in [1.165, 1.54) is 31.2 Å². The zero-order valence-electron chi connectivity index (χ0n) is 10.9. The standard InChI is InChI=1S/C12H13NO7/c1-3-11(18-8(2)14)20-12(15)19-10-6-4-9(5-7-10)13(16)17/h4-7,11H,3H2,1-2H3. The number of rotatable bonds is 5. The van der Waals surface area contributed by atoms with Gasteiger partial charge in [-0.05, 0) is 12.1 Å². The Balaban J connectivity index is 2.57. The second-order valence-corrected chi connectivity index (χ2v) is 3.67. The van der Waals surface area contributed by atoms with Gasteiger partial charge in [-0.2, -0.15) is 0 Å². The van der Waals surface area contributed by atoms with E-state index >= 15 is 0 Å². The summed E-state index contributed by atoms with van der Waals surface area (Å²) in [7, 11) is 0. The summed E-state index contributed by atoms with van der Waals surface area (Å²) in [5, 5.41) is 10.4. The van der Waals surface area contributed by atoms with Gasteiger partial charge in [0.25, 0.3) is 12.0 Å². The molecule has 1 rings (SSSR count). The van der Waals surface area contributed by atoms with Crippen molar-refractivity contribution >= 4 is 17.8 Å². The Kier molecular flexibility index (Phi) is 5.45. The van der Waals surface area contributed by atoms with Gasteiger partial charge in [0, 0.05) is 25.5 Å². The molecule has 0 spiro atoms. The minimum absolute atomic E-state index is 0.0817. The molecule has 0 saturated carbocycles. The largest absolute Gasteiger partial charge is 0.516 e. The van der Waals surface area contributed by atoms with E-state index in [0.717, 1.165) is 0 Å². The number of hydrogen-bond acceptors (Lipinski definition) is 7. The molecule has 0 aliphatic carbocycles. The predicted molar refractivity (Wildman–Crippen MR) is 66.1 cm³/mol. The van der Waals surface area contributed by atoms with E-state index in [-0.39, 0.29) is 17.9 Å². The van der Waals surface area contributed by atoms with Crippen LogP contribution < -0.4 is 4.74 Å². The summed E-state index contributed by atoms with van der Waals surface area (Å²) < 4.78 is 14.2. The zero-order chi connectivity index (χ0) is 15.1. The molecule has 0 aromatic heterocycles. The molecule has 0 aliphatic rings. The molecule has 108 valence electrons. The van der Waals surface area contributed by atoms with E-state index < -0.39 is 23.3 Å². The van der Waals surface area contributed by atoms with Crippen molar-refractivity contribution in [1.29, 1.82) is 0 Å². The lowest BCUT2D eigenvalue weighted by Gasteiger charge is -2.15. The lowest BCUT2D eigenvalue weighted by Crippen LogP contribution is -2.24. The molecule has 1 aromatic rings. The first-order valence-corrected chi connectivity index (χ1v) is 5.72. The minimum atomic E-state index is -1.06.